The van der Waals surface area contributed by atoms with Gasteiger partial charge in [0, 0.05) is 35.4 Å². The number of hydrogen-bond donors (Lipinski definition) is 3. The average molecular weight is 700 g/mol. The van der Waals surface area contributed by atoms with Crippen LogP contribution in [0.5, 0.6) is 0 Å². The highest BCUT2D eigenvalue weighted by atomic mass is 35.5. The number of hydrogen-bond acceptors (Lipinski definition) is 7. The number of benzene rings is 1. The van der Waals surface area contributed by atoms with Crippen LogP contribution in [0.1, 0.15) is 118 Å². The third-order valence-electron chi connectivity index (χ3n) is 9.52. The Morgan fingerprint density at radius 3 is 2.35 bits per heavy atom. The molecule has 12 heteroatoms. The Bertz CT molecular complexity index is 1440. The van der Waals surface area contributed by atoms with Crippen molar-refractivity contribution >= 4 is 46.7 Å². The highest BCUT2D eigenvalue weighted by molar-refractivity contribution is 6.38. The molecule has 270 valence electrons. The fraction of sp³-hybridized carbons (Fsp3) is 0.676. The first-order valence-electron chi connectivity index (χ1n) is 17.7. The minimum atomic E-state index is -1.08. The lowest BCUT2D eigenvalue weighted by molar-refractivity contribution is -0.145. The number of Topliss-reactive ketones (excluding diaryl/α,β-unsaturated/α-hetero) is 1. The van der Waals surface area contributed by atoms with Gasteiger partial charge in [-0.2, -0.15) is 0 Å². The SMILES string of the molecule is CCC[C@H](NC(=O)[C@@H]1CC2(CC(c3cccc(Cl)c3)=NO2)CN1C(=O)[C@@H](NC(=O)CC1CCCCC1)C(C)(C)C)C(=O)C(=O)NC(C)(C)C. The highest BCUT2D eigenvalue weighted by Crippen LogP contribution is 2.40. The number of oxime groups is 1. The van der Waals surface area contributed by atoms with Gasteiger partial charge in [-0.3, -0.25) is 24.0 Å². The van der Waals surface area contributed by atoms with Crippen LogP contribution in [0.3, 0.4) is 0 Å². The summed E-state index contributed by atoms with van der Waals surface area (Å²) in [5.74, 6) is -2.41. The zero-order chi connectivity index (χ0) is 36.1. The zero-order valence-electron chi connectivity index (χ0n) is 30.1. The Labute approximate surface area is 295 Å². The fourth-order valence-electron chi connectivity index (χ4n) is 7.03. The van der Waals surface area contributed by atoms with Crippen molar-refractivity contribution in [1.29, 1.82) is 0 Å². The monoisotopic (exact) mass is 699 g/mol. The van der Waals surface area contributed by atoms with Gasteiger partial charge in [0.25, 0.3) is 5.91 Å². The van der Waals surface area contributed by atoms with Crippen molar-refractivity contribution in [1.82, 2.24) is 20.9 Å². The molecule has 2 heterocycles. The molecule has 1 saturated carbocycles. The maximum absolute atomic E-state index is 14.6. The number of ketones is 1. The predicted molar refractivity (Wildman–Crippen MR) is 189 cm³/mol. The van der Waals surface area contributed by atoms with Gasteiger partial charge in [-0.15, -0.1) is 0 Å². The van der Waals surface area contributed by atoms with E-state index in [1.54, 1.807) is 32.9 Å². The lowest BCUT2D eigenvalue weighted by atomic mass is 9.84. The Balaban J connectivity index is 1.61. The molecule has 4 amide bonds. The second-order valence-corrected chi connectivity index (χ2v) is 16.6. The van der Waals surface area contributed by atoms with Gasteiger partial charge in [-0.25, -0.2) is 0 Å². The van der Waals surface area contributed by atoms with Crippen molar-refractivity contribution < 1.29 is 28.8 Å². The van der Waals surface area contributed by atoms with E-state index < -0.39 is 58.2 Å². The second-order valence-electron chi connectivity index (χ2n) is 16.2. The van der Waals surface area contributed by atoms with Crippen LogP contribution < -0.4 is 16.0 Å². The van der Waals surface area contributed by atoms with E-state index in [-0.39, 0.29) is 31.2 Å². The molecule has 1 aromatic carbocycles. The summed E-state index contributed by atoms with van der Waals surface area (Å²) in [4.78, 5) is 75.7. The van der Waals surface area contributed by atoms with E-state index in [9.17, 15) is 24.0 Å². The molecule has 3 aliphatic rings. The molecule has 11 nitrogen and oxygen atoms in total. The number of amides is 4. The summed E-state index contributed by atoms with van der Waals surface area (Å²) >= 11 is 6.25. The first kappa shape index (κ1) is 38.3. The second kappa shape index (κ2) is 15.6. The molecule has 0 bridgehead atoms. The van der Waals surface area contributed by atoms with Crippen molar-refractivity contribution in [2.45, 2.75) is 142 Å². The first-order valence-corrected chi connectivity index (χ1v) is 18.1. The van der Waals surface area contributed by atoms with E-state index in [0.717, 1.165) is 31.2 Å². The average Bonchev–Trinajstić information content (AvgIpc) is 3.61. The Morgan fingerprint density at radius 1 is 1.04 bits per heavy atom. The molecule has 4 rings (SSSR count). The summed E-state index contributed by atoms with van der Waals surface area (Å²) in [6.45, 7) is 12.9. The van der Waals surface area contributed by atoms with E-state index in [0.29, 0.717) is 30.0 Å². The fourth-order valence-corrected chi connectivity index (χ4v) is 7.22. The van der Waals surface area contributed by atoms with Crippen LogP contribution in [0, 0.1) is 11.3 Å². The molecule has 1 spiro atoms. The summed E-state index contributed by atoms with van der Waals surface area (Å²) < 4.78 is 0. The molecule has 2 aliphatic heterocycles. The zero-order valence-corrected chi connectivity index (χ0v) is 30.9. The maximum atomic E-state index is 14.6. The van der Waals surface area contributed by atoms with Gasteiger partial charge in [0.15, 0.2) is 5.60 Å². The summed E-state index contributed by atoms with van der Waals surface area (Å²) in [5.41, 5.74) is -0.921. The van der Waals surface area contributed by atoms with Gasteiger partial charge in [0.1, 0.15) is 12.1 Å². The van der Waals surface area contributed by atoms with E-state index in [1.165, 1.54) is 11.3 Å². The van der Waals surface area contributed by atoms with Gasteiger partial charge in [0.2, 0.25) is 23.5 Å². The van der Waals surface area contributed by atoms with Crippen molar-refractivity contribution in [3.8, 4) is 0 Å². The van der Waals surface area contributed by atoms with Gasteiger partial charge in [-0.05, 0) is 63.5 Å². The Kier molecular flexibility index (Phi) is 12.2. The lowest BCUT2D eigenvalue weighted by Crippen LogP contribution is -2.59. The molecule has 49 heavy (non-hydrogen) atoms. The maximum Gasteiger partial charge on any atom is 0.290 e. The number of carbonyl (C=O) groups excluding carboxylic acids is 5. The van der Waals surface area contributed by atoms with Crippen LogP contribution in [-0.2, 0) is 28.8 Å². The highest BCUT2D eigenvalue weighted by Gasteiger charge is 2.55. The normalized spacial score (nSPS) is 22.6. The van der Waals surface area contributed by atoms with E-state index >= 15 is 0 Å². The summed E-state index contributed by atoms with van der Waals surface area (Å²) in [6, 6.07) is 4.19. The number of carbonyl (C=O) groups is 5. The molecular formula is C37H54ClN5O6. The first-order chi connectivity index (χ1) is 22.9. The standard InChI is InChI=1S/C37H54ClN5O6/c1-8-13-26(30(45)33(47)41-36(5,6)7)39-32(46)28-21-37(20-27(42-49-37)24-16-12-17-25(38)19-24)22-43(28)34(48)31(35(2,3)4)40-29(44)18-23-14-10-9-11-15-23/h12,16-17,19,23,26,28,31H,8-11,13-15,18,20-22H2,1-7H3,(H,39,46)(H,40,44)(H,41,47)/t26-,28-,31+,37?/m0/s1. The van der Waals surface area contributed by atoms with Crippen LogP contribution in [0.15, 0.2) is 29.4 Å². The largest absolute Gasteiger partial charge is 0.387 e. The summed E-state index contributed by atoms with van der Waals surface area (Å²) in [5, 5.41) is 13.4. The van der Waals surface area contributed by atoms with Crippen LogP contribution in [-0.4, -0.2) is 75.8 Å². The van der Waals surface area contributed by atoms with Crippen molar-refractivity contribution in [2.75, 3.05) is 6.54 Å². The lowest BCUT2D eigenvalue weighted by Gasteiger charge is -2.36. The minimum Gasteiger partial charge on any atom is -0.387 e. The smallest absolute Gasteiger partial charge is 0.290 e. The number of nitrogens with zero attached hydrogens (tertiary/aromatic N) is 2. The molecule has 1 aromatic rings. The molecule has 1 saturated heterocycles. The third kappa shape index (κ3) is 10.0. The summed E-state index contributed by atoms with van der Waals surface area (Å²) in [7, 11) is 0. The summed E-state index contributed by atoms with van der Waals surface area (Å²) in [6.07, 6.45) is 6.93. The van der Waals surface area contributed by atoms with E-state index in [1.807, 2.05) is 39.8 Å². The molecule has 1 unspecified atom stereocenters. The molecular weight excluding hydrogens is 646 g/mol. The van der Waals surface area contributed by atoms with Gasteiger partial charge in [-0.1, -0.05) is 82.3 Å². The van der Waals surface area contributed by atoms with Crippen LogP contribution >= 0.6 is 11.6 Å². The molecule has 4 atom stereocenters. The van der Waals surface area contributed by atoms with Crippen LogP contribution in [0.25, 0.3) is 0 Å². The van der Waals surface area contributed by atoms with Crippen LogP contribution in [0.2, 0.25) is 5.02 Å². The number of nitrogens with one attached hydrogen (secondary N) is 3. The van der Waals surface area contributed by atoms with Crippen LogP contribution in [0.4, 0.5) is 0 Å². The number of likely N-dealkylation sites (tertiary alicyclic amines) is 1. The van der Waals surface area contributed by atoms with E-state index in [2.05, 4.69) is 21.1 Å². The van der Waals surface area contributed by atoms with Gasteiger partial charge < -0.3 is 25.7 Å². The number of halogens is 1. The van der Waals surface area contributed by atoms with E-state index in [4.69, 9.17) is 16.4 Å². The number of rotatable bonds is 11. The molecule has 1 aliphatic carbocycles. The van der Waals surface area contributed by atoms with Crippen molar-refractivity contribution in [3.05, 3.63) is 34.9 Å². The minimum absolute atomic E-state index is 0.0411. The predicted octanol–water partition coefficient (Wildman–Crippen LogP) is 5.07. The van der Waals surface area contributed by atoms with Crippen molar-refractivity contribution in [2.24, 2.45) is 16.5 Å². The topological polar surface area (TPSA) is 146 Å². The molecule has 0 radical (unpaired) electrons. The Hall–Kier alpha value is -3.47. The molecule has 2 fully saturated rings. The molecule has 0 aromatic heterocycles. The molecule has 3 N–H and O–H groups in total. The quantitative estimate of drug-likeness (QED) is 0.275. The van der Waals surface area contributed by atoms with Gasteiger partial charge in [0.05, 0.1) is 18.3 Å². The third-order valence-corrected chi connectivity index (χ3v) is 9.76. The van der Waals surface area contributed by atoms with Crippen molar-refractivity contribution in [3.63, 3.8) is 0 Å². The van der Waals surface area contributed by atoms with Gasteiger partial charge >= 0.3 is 0 Å². The Morgan fingerprint density at radius 2 is 1.73 bits per heavy atom.